The maximum Gasteiger partial charge on any atom is 0.453 e. The Morgan fingerprint density at radius 3 is 2.16 bits per heavy atom. The normalized spacial score (nSPS) is 11.8. The van der Waals surface area contributed by atoms with E-state index in [-0.39, 0.29) is 36.0 Å². The molecule has 0 aliphatic rings. The van der Waals surface area contributed by atoms with Crippen LogP contribution >= 0.6 is 0 Å². The van der Waals surface area contributed by atoms with E-state index < -0.39 is 36.9 Å². The highest BCUT2D eigenvalue weighted by molar-refractivity contribution is 5.91. The summed E-state index contributed by atoms with van der Waals surface area (Å²) in [4.78, 5) is 24.7. The molecule has 0 heterocycles. The standard InChI is InChI=1S/C30H29F5N2O6/c1-40-26-17-19(4-10-27(38)42-14-11-20-15-22(36)18-23(37)16-20)3-9-25(26)43-28(39)21-5-7-24(8-6-21)41-13-2-12-29(31,32)30(33,34)35/h3-10,15-18H,2,11-14,36-37H2,1H3/b10-4+. The Hall–Kier alpha value is -4.81. The maximum atomic E-state index is 13.0. The highest BCUT2D eigenvalue weighted by atomic mass is 19.4. The van der Waals surface area contributed by atoms with E-state index in [1.165, 1.54) is 49.6 Å². The summed E-state index contributed by atoms with van der Waals surface area (Å²) in [6.45, 7) is -0.248. The van der Waals surface area contributed by atoms with Gasteiger partial charge in [0.1, 0.15) is 5.75 Å². The molecule has 0 aliphatic heterocycles. The fourth-order valence-corrected chi connectivity index (χ4v) is 3.72. The topological polar surface area (TPSA) is 123 Å². The first-order chi connectivity index (χ1) is 20.3. The van der Waals surface area contributed by atoms with Crippen molar-refractivity contribution in [2.45, 2.75) is 31.4 Å². The van der Waals surface area contributed by atoms with Crippen LogP contribution < -0.4 is 25.7 Å². The molecule has 4 N–H and O–H groups in total. The number of halogens is 5. The van der Waals surface area contributed by atoms with Gasteiger partial charge >= 0.3 is 24.0 Å². The van der Waals surface area contributed by atoms with E-state index in [4.69, 9.17) is 30.4 Å². The van der Waals surface area contributed by atoms with Gasteiger partial charge in [0.15, 0.2) is 11.5 Å². The van der Waals surface area contributed by atoms with Crippen molar-refractivity contribution in [1.82, 2.24) is 0 Å². The third-order valence-electron chi connectivity index (χ3n) is 5.88. The molecule has 0 fully saturated rings. The highest BCUT2D eigenvalue weighted by Crippen LogP contribution is 2.38. The van der Waals surface area contributed by atoms with E-state index >= 15 is 0 Å². The molecule has 0 radical (unpaired) electrons. The summed E-state index contributed by atoms with van der Waals surface area (Å²) in [5, 5.41) is 0. The van der Waals surface area contributed by atoms with Gasteiger partial charge < -0.3 is 30.4 Å². The van der Waals surface area contributed by atoms with Crippen molar-refractivity contribution in [2.24, 2.45) is 0 Å². The van der Waals surface area contributed by atoms with Gasteiger partial charge in [-0.3, -0.25) is 0 Å². The van der Waals surface area contributed by atoms with E-state index in [1.807, 2.05) is 0 Å². The lowest BCUT2D eigenvalue weighted by Crippen LogP contribution is -2.36. The van der Waals surface area contributed by atoms with Crippen LogP contribution in [-0.2, 0) is 16.0 Å². The van der Waals surface area contributed by atoms with Gasteiger partial charge in [0.05, 0.1) is 25.9 Å². The molecular weight excluding hydrogens is 579 g/mol. The molecule has 0 unspecified atom stereocenters. The predicted molar refractivity (Wildman–Crippen MR) is 149 cm³/mol. The summed E-state index contributed by atoms with van der Waals surface area (Å²) in [6.07, 6.45) is -4.37. The van der Waals surface area contributed by atoms with Crippen molar-refractivity contribution in [3.05, 3.63) is 83.4 Å². The predicted octanol–water partition coefficient (Wildman–Crippen LogP) is 6.23. The van der Waals surface area contributed by atoms with Crippen LogP contribution in [0.5, 0.6) is 17.2 Å². The van der Waals surface area contributed by atoms with E-state index in [0.29, 0.717) is 23.4 Å². The van der Waals surface area contributed by atoms with Crippen LogP contribution in [0.4, 0.5) is 33.3 Å². The lowest BCUT2D eigenvalue weighted by molar-refractivity contribution is -0.284. The van der Waals surface area contributed by atoms with Crippen molar-refractivity contribution in [1.29, 1.82) is 0 Å². The summed E-state index contributed by atoms with van der Waals surface area (Å²) in [7, 11) is 1.37. The molecule has 3 rings (SSSR count). The monoisotopic (exact) mass is 608 g/mol. The number of benzene rings is 3. The number of alkyl halides is 5. The van der Waals surface area contributed by atoms with Crippen molar-refractivity contribution in [2.75, 3.05) is 31.8 Å². The fraction of sp³-hybridized carbons (Fsp3) is 0.267. The van der Waals surface area contributed by atoms with Gasteiger partial charge in [-0.2, -0.15) is 22.0 Å². The Labute approximate surface area is 244 Å². The van der Waals surface area contributed by atoms with Crippen LogP contribution in [0.1, 0.15) is 34.3 Å². The lowest BCUT2D eigenvalue weighted by atomic mass is 10.1. The number of nitrogen functional groups attached to an aromatic ring is 2. The molecule has 0 saturated heterocycles. The lowest BCUT2D eigenvalue weighted by Gasteiger charge is -2.19. The van der Waals surface area contributed by atoms with Gasteiger partial charge in [-0.1, -0.05) is 6.07 Å². The zero-order valence-electron chi connectivity index (χ0n) is 23.0. The summed E-state index contributed by atoms with van der Waals surface area (Å²) in [5.74, 6) is -5.63. The average molecular weight is 609 g/mol. The maximum absolute atomic E-state index is 13.0. The fourth-order valence-electron chi connectivity index (χ4n) is 3.72. The number of methoxy groups -OCH3 is 1. The number of esters is 2. The summed E-state index contributed by atoms with van der Waals surface area (Å²) in [5.41, 5.74) is 14.1. The van der Waals surface area contributed by atoms with Gasteiger partial charge in [-0.25, -0.2) is 9.59 Å². The van der Waals surface area contributed by atoms with Crippen molar-refractivity contribution in [3.8, 4) is 17.2 Å². The molecule has 8 nitrogen and oxygen atoms in total. The van der Waals surface area contributed by atoms with Crippen LogP contribution in [0, 0.1) is 0 Å². The molecule has 0 saturated carbocycles. The Morgan fingerprint density at radius 2 is 1.53 bits per heavy atom. The van der Waals surface area contributed by atoms with Crippen molar-refractivity contribution < 1.29 is 50.5 Å². The number of hydrogen-bond donors (Lipinski definition) is 2. The average Bonchev–Trinajstić information content (AvgIpc) is 2.94. The Morgan fingerprint density at radius 1 is 0.860 bits per heavy atom. The van der Waals surface area contributed by atoms with Crippen molar-refractivity contribution >= 4 is 29.4 Å². The van der Waals surface area contributed by atoms with Crippen LogP contribution in [0.3, 0.4) is 0 Å². The summed E-state index contributed by atoms with van der Waals surface area (Å²) >= 11 is 0. The third kappa shape index (κ3) is 9.90. The highest BCUT2D eigenvalue weighted by Gasteiger charge is 2.56. The number of carbonyl (C=O) groups is 2. The first kappa shape index (κ1) is 32.7. The van der Waals surface area contributed by atoms with E-state index in [9.17, 15) is 31.5 Å². The quantitative estimate of drug-likeness (QED) is 0.0585. The second-order valence-corrected chi connectivity index (χ2v) is 9.24. The molecule has 0 aliphatic carbocycles. The Balaban J connectivity index is 1.50. The summed E-state index contributed by atoms with van der Waals surface area (Å²) in [6, 6.07) is 15.1. The van der Waals surface area contributed by atoms with Gasteiger partial charge in [0, 0.05) is 30.3 Å². The molecule has 0 aromatic heterocycles. The van der Waals surface area contributed by atoms with E-state index in [2.05, 4.69) is 0 Å². The number of anilines is 2. The first-order valence-corrected chi connectivity index (χ1v) is 12.8. The first-order valence-electron chi connectivity index (χ1n) is 12.8. The van der Waals surface area contributed by atoms with E-state index in [0.717, 1.165) is 5.56 Å². The van der Waals surface area contributed by atoms with E-state index in [1.54, 1.807) is 30.3 Å². The largest absolute Gasteiger partial charge is 0.494 e. The number of nitrogens with two attached hydrogens (primary N) is 2. The smallest absolute Gasteiger partial charge is 0.453 e. The Kier molecular flexibility index (Phi) is 10.9. The van der Waals surface area contributed by atoms with Crippen molar-refractivity contribution in [3.63, 3.8) is 0 Å². The zero-order valence-corrected chi connectivity index (χ0v) is 23.0. The molecule has 43 heavy (non-hydrogen) atoms. The molecule has 0 amide bonds. The molecule has 0 atom stereocenters. The van der Waals surface area contributed by atoms with Gasteiger partial charge in [-0.05, 0) is 78.2 Å². The second-order valence-electron chi connectivity index (χ2n) is 9.24. The molecule has 0 bridgehead atoms. The SMILES string of the molecule is COc1cc(/C=C/C(=O)OCCc2cc(N)cc(N)c2)ccc1OC(=O)c1ccc(OCCCC(F)(F)C(F)(F)F)cc1. The van der Waals surface area contributed by atoms with Crippen LogP contribution in [0.15, 0.2) is 66.7 Å². The Bertz CT molecular complexity index is 1420. The van der Waals surface area contributed by atoms with Gasteiger partial charge in [0.25, 0.3) is 0 Å². The van der Waals surface area contributed by atoms with Gasteiger partial charge in [-0.15, -0.1) is 0 Å². The van der Waals surface area contributed by atoms with Gasteiger partial charge in [0.2, 0.25) is 0 Å². The van der Waals surface area contributed by atoms with Crippen LogP contribution in [0.2, 0.25) is 0 Å². The zero-order chi connectivity index (χ0) is 31.6. The second kappa shape index (κ2) is 14.4. The molecule has 3 aromatic rings. The number of hydrogen-bond acceptors (Lipinski definition) is 8. The molecule has 0 spiro atoms. The molecule has 13 heteroatoms. The minimum atomic E-state index is -5.61. The number of ether oxygens (including phenoxy) is 4. The summed E-state index contributed by atoms with van der Waals surface area (Å²) < 4.78 is 83.7. The minimum absolute atomic E-state index is 0.0968. The molecular formula is C30H29F5N2O6. The van der Waals surface area contributed by atoms with Crippen LogP contribution in [0.25, 0.3) is 6.08 Å². The number of rotatable bonds is 13. The minimum Gasteiger partial charge on any atom is -0.494 e. The number of carbonyl (C=O) groups excluding carboxylic acids is 2. The third-order valence-corrected chi connectivity index (χ3v) is 5.88. The molecule has 230 valence electrons. The van der Waals surface area contributed by atoms with Crippen LogP contribution in [-0.4, -0.2) is 44.4 Å². The molecule has 3 aromatic carbocycles.